The van der Waals surface area contributed by atoms with Gasteiger partial charge in [-0.1, -0.05) is 41.9 Å². The first-order valence-corrected chi connectivity index (χ1v) is 4.04. The highest BCUT2D eigenvalue weighted by atomic mass is 35.5. The Morgan fingerprint density at radius 1 is 1.36 bits per heavy atom. The van der Waals surface area contributed by atoms with Crippen molar-refractivity contribution in [2.75, 3.05) is 0 Å². The van der Waals surface area contributed by atoms with Crippen molar-refractivity contribution in [2.24, 2.45) is 0 Å². The van der Waals surface area contributed by atoms with Gasteiger partial charge in [0.25, 0.3) is 0 Å². The molecule has 1 heterocycles. The van der Waals surface area contributed by atoms with Crippen LogP contribution in [0.5, 0.6) is 0 Å². The number of hydrogen-bond donors (Lipinski definition) is 0. The van der Waals surface area contributed by atoms with Crippen molar-refractivity contribution >= 4 is 11.6 Å². The van der Waals surface area contributed by atoms with E-state index in [-0.39, 0.29) is 11.2 Å². The molecule has 2 rings (SSSR count). The quantitative estimate of drug-likeness (QED) is 0.464. The van der Waals surface area contributed by atoms with E-state index in [2.05, 4.69) is 0 Å². The number of halogens is 1. The second-order valence-corrected chi connectivity index (χ2v) is 3.30. The lowest BCUT2D eigenvalue weighted by Gasteiger charge is -2.03. The van der Waals surface area contributed by atoms with Gasteiger partial charge in [-0.2, -0.15) is 0 Å². The Hall–Kier alpha value is -0.530. The Labute approximate surface area is 70.9 Å². The van der Waals surface area contributed by atoms with Gasteiger partial charge in [0.2, 0.25) is 0 Å². The molecule has 0 bridgehead atoms. The Balaban J connectivity index is 2.32. The summed E-state index contributed by atoms with van der Waals surface area (Å²) in [5.41, 5.74) is 0.771. The third-order valence-electron chi connectivity index (χ3n) is 2.07. The summed E-state index contributed by atoms with van der Waals surface area (Å²) in [5, 5.41) is 0. The van der Waals surface area contributed by atoms with E-state index in [0.717, 1.165) is 5.56 Å². The smallest absolute Gasteiger partial charge is 0.165 e. The van der Waals surface area contributed by atoms with E-state index < -0.39 is 0 Å². The number of rotatable bonds is 1. The fourth-order valence-electron chi connectivity index (χ4n) is 1.15. The first kappa shape index (κ1) is 7.14. The second kappa shape index (κ2) is 2.23. The number of benzene rings is 1. The van der Waals surface area contributed by atoms with Gasteiger partial charge in [-0.15, -0.1) is 0 Å². The molecule has 2 atom stereocenters. The van der Waals surface area contributed by atoms with Crippen LogP contribution in [-0.2, 0) is 10.3 Å². The third kappa shape index (κ3) is 1.05. The monoisotopic (exact) mass is 168 g/mol. The van der Waals surface area contributed by atoms with Crippen LogP contribution < -0.4 is 0 Å². The summed E-state index contributed by atoms with van der Waals surface area (Å²) >= 11 is 5.81. The number of hydrogen-bond acceptors (Lipinski definition) is 1. The van der Waals surface area contributed by atoms with Crippen LogP contribution in [0, 0.1) is 0 Å². The normalized spacial score (nSPS) is 35.3. The van der Waals surface area contributed by atoms with Gasteiger partial charge in [0.05, 0.1) is 0 Å². The largest absolute Gasteiger partial charge is 0.344 e. The lowest BCUT2D eigenvalue weighted by molar-refractivity contribution is 0.325. The number of ether oxygens (including phenoxy) is 1. The summed E-state index contributed by atoms with van der Waals surface area (Å²) < 4.78 is 5.26. The van der Waals surface area contributed by atoms with Crippen molar-refractivity contribution in [3.63, 3.8) is 0 Å². The van der Waals surface area contributed by atoms with Crippen molar-refractivity contribution in [3.05, 3.63) is 35.9 Å². The molecule has 0 aliphatic carbocycles. The predicted molar refractivity (Wildman–Crippen MR) is 44.5 cm³/mol. The molecule has 0 N–H and O–H groups in total. The molecule has 1 fully saturated rings. The fraction of sp³-hybridized carbons (Fsp3) is 0.333. The molecule has 1 saturated heterocycles. The Morgan fingerprint density at radius 2 is 1.91 bits per heavy atom. The number of alkyl halides is 1. The molecule has 1 aromatic rings. The van der Waals surface area contributed by atoms with Crippen LogP contribution in [0.3, 0.4) is 0 Å². The van der Waals surface area contributed by atoms with Crippen LogP contribution >= 0.6 is 11.6 Å². The Kier molecular flexibility index (Phi) is 1.44. The lowest BCUT2D eigenvalue weighted by atomic mass is 10.0. The van der Waals surface area contributed by atoms with Crippen LogP contribution in [0.15, 0.2) is 30.3 Å². The average molecular weight is 169 g/mol. The standard InChI is InChI=1S/C9H9ClO/c1-9(8(10)11-9)7-5-3-2-4-6-7/h2-6,8H,1H3/t8?,9-/m1/s1. The van der Waals surface area contributed by atoms with Gasteiger partial charge >= 0.3 is 0 Å². The summed E-state index contributed by atoms with van der Waals surface area (Å²) in [6.07, 6.45) is 0. The molecule has 0 aromatic heterocycles. The summed E-state index contributed by atoms with van der Waals surface area (Å²) in [5.74, 6) is 0. The molecule has 2 heteroatoms. The van der Waals surface area contributed by atoms with Crippen LogP contribution in [-0.4, -0.2) is 5.56 Å². The zero-order valence-electron chi connectivity index (χ0n) is 6.25. The van der Waals surface area contributed by atoms with Gasteiger partial charge in [0.15, 0.2) is 5.56 Å². The van der Waals surface area contributed by atoms with Crippen molar-refractivity contribution in [3.8, 4) is 0 Å². The highest BCUT2D eigenvalue weighted by Crippen LogP contribution is 2.47. The topological polar surface area (TPSA) is 12.5 Å². The minimum atomic E-state index is -0.233. The van der Waals surface area contributed by atoms with Crippen LogP contribution in [0.2, 0.25) is 0 Å². The van der Waals surface area contributed by atoms with E-state index in [1.54, 1.807) is 0 Å². The molecule has 1 aromatic carbocycles. The summed E-state index contributed by atoms with van der Waals surface area (Å²) in [7, 11) is 0. The lowest BCUT2D eigenvalue weighted by Crippen LogP contribution is -2.03. The Morgan fingerprint density at radius 3 is 2.36 bits per heavy atom. The maximum Gasteiger partial charge on any atom is 0.165 e. The molecule has 0 saturated carbocycles. The molecule has 1 aliphatic heterocycles. The molecule has 0 spiro atoms. The minimum Gasteiger partial charge on any atom is -0.344 e. The van der Waals surface area contributed by atoms with Crippen molar-refractivity contribution in [1.82, 2.24) is 0 Å². The molecule has 58 valence electrons. The third-order valence-corrected chi connectivity index (χ3v) is 2.58. The number of epoxide rings is 1. The minimum absolute atomic E-state index is 0.148. The fourth-order valence-corrected chi connectivity index (χ4v) is 1.46. The highest BCUT2D eigenvalue weighted by Gasteiger charge is 2.52. The Bertz CT molecular complexity index is 260. The summed E-state index contributed by atoms with van der Waals surface area (Å²) in [4.78, 5) is 0. The van der Waals surface area contributed by atoms with Gasteiger partial charge < -0.3 is 4.74 Å². The first-order chi connectivity index (χ1) is 5.23. The molecule has 1 nitrogen and oxygen atoms in total. The predicted octanol–water partition coefficient (Wildman–Crippen LogP) is 2.50. The van der Waals surface area contributed by atoms with Crippen molar-refractivity contribution in [2.45, 2.75) is 18.1 Å². The molecule has 1 aliphatic rings. The maximum absolute atomic E-state index is 5.81. The van der Waals surface area contributed by atoms with Gasteiger partial charge in [0.1, 0.15) is 5.60 Å². The van der Waals surface area contributed by atoms with Crippen LogP contribution in [0.4, 0.5) is 0 Å². The summed E-state index contributed by atoms with van der Waals surface area (Å²) in [6, 6.07) is 10.0. The molecule has 11 heavy (non-hydrogen) atoms. The SMILES string of the molecule is C[C@]1(c2ccccc2)OC1Cl. The molecule has 0 radical (unpaired) electrons. The van der Waals surface area contributed by atoms with Gasteiger partial charge in [-0.05, 0) is 12.5 Å². The van der Waals surface area contributed by atoms with Crippen molar-refractivity contribution < 1.29 is 4.74 Å². The molecule has 0 amide bonds. The zero-order valence-corrected chi connectivity index (χ0v) is 7.01. The van der Waals surface area contributed by atoms with E-state index in [1.807, 2.05) is 37.3 Å². The first-order valence-electron chi connectivity index (χ1n) is 3.61. The van der Waals surface area contributed by atoms with Gasteiger partial charge in [-0.25, -0.2) is 0 Å². The summed E-state index contributed by atoms with van der Waals surface area (Å²) in [6.45, 7) is 2.00. The molecule has 1 unspecified atom stereocenters. The van der Waals surface area contributed by atoms with E-state index in [4.69, 9.17) is 16.3 Å². The van der Waals surface area contributed by atoms with Gasteiger partial charge in [-0.3, -0.25) is 0 Å². The second-order valence-electron chi connectivity index (χ2n) is 2.91. The molecular weight excluding hydrogens is 160 g/mol. The van der Waals surface area contributed by atoms with E-state index in [0.29, 0.717) is 0 Å². The zero-order chi connectivity index (χ0) is 7.90. The average Bonchev–Trinajstić information content (AvgIpc) is 2.64. The van der Waals surface area contributed by atoms with Crippen LogP contribution in [0.25, 0.3) is 0 Å². The highest BCUT2D eigenvalue weighted by molar-refractivity contribution is 6.22. The van der Waals surface area contributed by atoms with E-state index >= 15 is 0 Å². The maximum atomic E-state index is 5.81. The van der Waals surface area contributed by atoms with Gasteiger partial charge in [0, 0.05) is 0 Å². The van der Waals surface area contributed by atoms with Crippen LogP contribution in [0.1, 0.15) is 12.5 Å². The van der Waals surface area contributed by atoms with E-state index in [9.17, 15) is 0 Å². The van der Waals surface area contributed by atoms with Crippen molar-refractivity contribution in [1.29, 1.82) is 0 Å². The molecular formula is C9H9ClO. The van der Waals surface area contributed by atoms with E-state index in [1.165, 1.54) is 0 Å².